The molecule has 2 amide bonds. The van der Waals surface area contributed by atoms with Crippen LogP contribution in [0.3, 0.4) is 0 Å². The fraction of sp³-hybridized carbons (Fsp3) is 0.481. The van der Waals surface area contributed by atoms with Crippen LogP contribution in [0.15, 0.2) is 54.6 Å². The number of rotatable bonds is 6. The third kappa shape index (κ3) is 5.91. The van der Waals surface area contributed by atoms with Gasteiger partial charge in [0.25, 0.3) is 0 Å². The van der Waals surface area contributed by atoms with Gasteiger partial charge in [-0.15, -0.1) is 13.2 Å². The van der Waals surface area contributed by atoms with E-state index in [4.69, 9.17) is 4.74 Å². The maximum atomic E-state index is 13.4. The topological polar surface area (TPSA) is 71.1 Å². The van der Waals surface area contributed by atoms with E-state index in [1.54, 1.807) is 0 Å². The summed E-state index contributed by atoms with van der Waals surface area (Å²) in [6.07, 6.45) is -1.57. The molecule has 3 aliphatic rings. The fourth-order valence-electron chi connectivity index (χ4n) is 5.43. The summed E-state index contributed by atoms with van der Waals surface area (Å²) in [6, 6.07) is 15.0. The van der Waals surface area contributed by atoms with Crippen LogP contribution < -0.4 is 10.1 Å². The van der Waals surface area contributed by atoms with Crippen molar-refractivity contribution >= 4 is 17.5 Å². The first kappa shape index (κ1) is 25.5. The summed E-state index contributed by atoms with van der Waals surface area (Å²) >= 11 is 0. The van der Waals surface area contributed by atoms with E-state index in [0.29, 0.717) is 51.3 Å². The lowest BCUT2D eigenvalue weighted by atomic mass is 9.87. The van der Waals surface area contributed by atoms with E-state index in [1.807, 2.05) is 40.1 Å². The van der Waals surface area contributed by atoms with Crippen molar-refractivity contribution in [3.8, 4) is 5.75 Å². The third-order valence-corrected chi connectivity index (χ3v) is 7.51. The molecule has 0 atom stereocenters. The van der Waals surface area contributed by atoms with Crippen LogP contribution in [0.2, 0.25) is 0 Å². The summed E-state index contributed by atoms with van der Waals surface area (Å²) in [7, 11) is 0. The number of hydrogen-bond donors (Lipinski definition) is 1. The van der Waals surface area contributed by atoms with Crippen molar-refractivity contribution < 1.29 is 32.2 Å². The number of morpholine rings is 1. The number of carbonyl (C=O) groups excluding carboxylic acids is 2. The number of benzene rings is 2. The van der Waals surface area contributed by atoms with Gasteiger partial charge < -0.3 is 19.7 Å². The highest BCUT2D eigenvalue weighted by Gasteiger charge is 2.54. The van der Waals surface area contributed by atoms with Crippen LogP contribution in [0.5, 0.6) is 5.75 Å². The van der Waals surface area contributed by atoms with Crippen molar-refractivity contribution in [2.45, 2.75) is 43.1 Å². The van der Waals surface area contributed by atoms with Crippen LogP contribution in [0.25, 0.3) is 0 Å². The molecule has 2 saturated heterocycles. The molecule has 1 spiro atoms. The number of ether oxygens (including phenoxy) is 2. The molecule has 2 aromatic rings. The van der Waals surface area contributed by atoms with Gasteiger partial charge in [-0.25, -0.2) is 0 Å². The van der Waals surface area contributed by atoms with Gasteiger partial charge in [0.15, 0.2) is 0 Å². The molecular formula is C27H30F3N3O4. The van der Waals surface area contributed by atoms with Gasteiger partial charge in [-0.1, -0.05) is 30.3 Å². The molecular weight excluding hydrogens is 487 g/mol. The minimum Gasteiger partial charge on any atom is -0.406 e. The zero-order chi connectivity index (χ0) is 26.1. The van der Waals surface area contributed by atoms with Crippen LogP contribution in [0, 0.1) is 0 Å². The van der Waals surface area contributed by atoms with E-state index >= 15 is 0 Å². The first-order valence-electron chi connectivity index (χ1n) is 12.5. The van der Waals surface area contributed by atoms with Gasteiger partial charge in [-0.3, -0.25) is 14.5 Å². The van der Waals surface area contributed by atoms with Crippen molar-refractivity contribution in [1.82, 2.24) is 9.80 Å². The van der Waals surface area contributed by atoms with Crippen molar-refractivity contribution in [1.29, 1.82) is 0 Å². The summed E-state index contributed by atoms with van der Waals surface area (Å²) in [5, 5.41) is 2.72. The van der Waals surface area contributed by atoms with Crippen LogP contribution in [0.4, 0.5) is 18.9 Å². The Morgan fingerprint density at radius 2 is 1.62 bits per heavy atom. The number of carbonyl (C=O) groups is 2. The Morgan fingerprint density at radius 3 is 2.24 bits per heavy atom. The number of alkyl halides is 3. The van der Waals surface area contributed by atoms with Crippen LogP contribution in [-0.4, -0.2) is 72.9 Å². The van der Waals surface area contributed by atoms with Gasteiger partial charge in [0, 0.05) is 31.9 Å². The average molecular weight is 518 g/mol. The molecule has 1 saturated carbocycles. The highest BCUT2D eigenvalue weighted by Crippen LogP contribution is 2.50. The minimum absolute atomic E-state index is 0.145. The second-order valence-electron chi connectivity index (χ2n) is 10.1. The molecule has 0 bridgehead atoms. The zero-order valence-electron chi connectivity index (χ0n) is 20.4. The summed E-state index contributed by atoms with van der Waals surface area (Å²) < 4.78 is 47.0. The van der Waals surface area contributed by atoms with Crippen LogP contribution in [0.1, 0.15) is 31.2 Å². The summed E-state index contributed by atoms with van der Waals surface area (Å²) in [6.45, 7) is 3.09. The monoisotopic (exact) mass is 517 g/mol. The van der Waals surface area contributed by atoms with Crippen molar-refractivity contribution in [2.75, 3.05) is 44.6 Å². The SMILES string of the molecule is O=C(CN1CCOC2(CCN(C(=O)C3(c4ccccc4)CC3)CC2)C1)Nc1ccc(OC(F)(F)F)cc1. The Morgan fingerprint density at radius 1 is 0.946 bits per heavy atom. The van der Waals surface area contributed by atoms with E-state index in [0.717, 1.165) is 30.5 Å². The largest absolute Gasteiger partial charge is 0.573 e. The number of nitrogens with zero attached hydrogens (tertiary/aromatic N) is 2. The number of amides is 2. The predicted octanol–water partition coefficient (Wildman–Crippen LogP) is 3.95. The second kappa shape index (κ2) is 9.98. The highest BCUT2D eigenvalue weighted by atomic mass is 19.4. The lowest BCUT2D eigenvalue weighted by Gasteiger charge is -2.47. The Bertz CT molecular complexity index is 1110. The Kier molecular flexibility index (Phi) is 6.89. The molecule has 198 valence electrons. The maximum Gasteiger partial charge on any atom is 0.573 e. The van der Waals surface area contributed by atoms with E-state index in [-0.39, 0.29) is 29.5 Å². The van der Waals surface area contributed by atoms with Crippen molar-refractivity contribution in [3.05, 3.63) is 60.2 Å². The zero-order valence-corrected chi connectivity index (χ0v) is 20.4. The van der Waals surface area contributed by atoms with Gasteiger partial charge in [-0.05, 0) is 55.5 Å². The molecule has 5 rings (SSSR count). The van der Waals surface area contributed by atoms with E-state index in [2.05, 4.69) is 10.1 Å². The molecule has 7 nitrogen and oxygen atoms in total. The molecule has 37 heavy (non-hydrogen) atoms. The first-order valence-corrected chi connectivity index (χ1v) is 12.5. The molecule has 0 radical (unpaired) electrons. The number of nitrogens with one attached hydrogen (secondary N) is 1. The summed E-state index contributed by atoms with van der Waals surface area (Å²) in [5.74, 6) is -0.401. The minimum atomic E-state index is -4.76. The maximum absolute atomic E-state index is 13.4. The molecule has 1 N–H and O–H groups in total. The van der Waals surface area contributed by atoms with Crippen molar-refractivity contribution in [2.24, 2.45) is 0 Å². The standard InChI is InChI=1S/C27H30F3N3O4/c28-27(29,30)37-22-8-6-21(7-9-22)31-23(34)18-32-16-17-36-25(19-32)12-14-33(15-13-25)24(35)26(10-11-26)20-4-2-1-3-5-20/h1-9H,10-19H2,(H,31,34). The third-order valence-electron chi connectivity index (χ3n) is 7.51. The molecule has 2 heterocycles. The average Bonchev–Trinajstić information content (AvgIpc) is 3.67. The number of halogens is 3. The van der Waals surface area contributed by atoms with Gasteiger partial charge in [0.2, 0.25) is 11.8 Å². The van der Waals surface area contributed by atoms with E-state index < -0.39 is 12.0 Å². The second-order valence-corrected chi connectivity index (χ2v) is 10.1. The van der Waals surface area contributed by atoms with E-state index in [9.17, 15) is 22.8 Å². The molecule has 1 aliphatic carbocycles. The lowest BCUT2D eigenvalue weighted by Crippen LogP contribution is -2.59. The number of hydrogen-bond acceptors (Lipinski definition) is 5. The lowest BCUT2D eigenvalue weighted by molar-refractivity contribution is -0.274. The van der Waals surface area contributed by atoms with E-state index in [1.165, 1.54) is 12.1 Å². The molecule has 0 aromatic heterocycles. The quantitative estimate of drug-likeness (QED) is 0.629. The number of likely N-dealkylation sites (tertiary alicyclic amines) is 1. The first-order chi connectivity index (χ1) is 17.7. The Hall–Kier alpha value is -3.11. The highest BCUT2D eigenvalue weighted by molar-refractivity contribution is 5.92. The van der Waals surface area contributed by atoms with Gasteiger partial charge in [0.1, 0.15) is 5.75 Å². The smallest absolute Gasteiger partial charge is 0.406 e. The molecule has 3 fully saturated rings. The normalized spacial score (nSPS) is 20.9. The molecule has 2 aromatic carbocycles. The van der Waals surface area contributed by atoms with Gasteiger partial charge in [0.05, 0.1) is 24.2 Å². The van der Waals surface area contributed by atoms with Crippen molar-refractivity contribution in [3.63, 3.8) is 0 Å². The Balaban J connectivity index is 1.12. The molecule has 0 unspecified atom stereocenters. The van der Waals surface area contributed by atoms with Gasteiger partial charge >= 0.3 is 6.36 Å². The molecule has 2 aliphatic heterocycles. The van der Waals surface area contributed by atoms with Gasteiger partial charge in [-0.2, -0.15) is 0 Å². The Labute approximate surface area is 213 Å². The number of anilines is 1. The summed E-state index contributed by atoms with van der Waals surface area (Å²) in [5.41, 5.74) is 0.714. The fourth-order valence-corrected chi connectivity index (χ4v) is 5.43. The summed E-state index contributed by atoms with van der Waals surface area (Å²) in [4.78, 5) is 30.0. The molecule has 10 heteroatoms. The van der Waals surface area contributed by atoms with Crippen LogP contribution in [-0.2, 0) is 19.7 Å². The van der Waals surface area contributed by atoms with Crippen LogP contribution >= 0.6 is 0 Å². The number of piperidine rings is 1. The predicted molar refractivity (Wildman–Crippen MR) is 130 cm³/mol.